The molecule has 0 radical (unpaired) electrons. The predicted molar refractivity (Wildman–Crippen MR) is 129 cm³/mol. The summed E-state index contributed by atoms with van der Waals surface area (Å²) in [4.78, 5) is 3.64. The van der Waals surface area contributed by atoms with Gasteiger partial charge in [-0.2, -0.15) is 0 Å². The van der Waals surface area contributed by atoms with E-state index in [1.165, 1.54) is 36.5 Å². The number of anilines is 2. The molecule has 158 valence electrons. The first-order chi connectivity index (χ1) is 14.7. The fraction of sp³-hybridized carbons (Fsp3) is 0.333. The fourth-order valence-corrected chi connectivity index (χ4v) is 4.85. The van der Waals surface area contributed by atoms with Gasteiger partial charge in [0.25, 0.3) is 0 Å². The summed E-state index contributed by atoms with van der Waals surface area (Å²) >= 11 is 5.36. The predicted octanol–water partition coefficient (Wildman–Crippen LogP) is 6.70. The van der Waals surface area contributed by atoms with Crippen LogP contribution in [0.15, 0.2) is 58.4 Å². The number of nitrogens with one attached hydrogen (secondary N) is 1. The smallest absolute Gasteiger partial charge is 0.175 e. The molecule has 0 atom stereocenters. The van der Waals surface area contributed by atoms with E-state index in [0.29, 0.717) is 19.8 Å². The van der Waals surface area contributed by atoms with Crippen LogP contribution in [0.25, 0.3) is 0 Å². The second kappa shape index (κ2) is 10.2. The van der Waals surface area contributed by atoms with Crippen molar-refractivity contribution in [1.29, 1.82) is 0 Å². The van der Waals surface area contributed by atoms with E-state index >= 15 is 0 Å². The summed E-state index contributed by atoms with van der Waals surface area (Å²) in [7, 11) is 0. The molecule has 0 bridgehead atoms. The van der Waals surface area contributed by atoms with Crippen LogP contribution in [-0.4, -0.2) is 19.7 Å². The number of rotatable bonds is 9. The molecular formula is C24H27BrN2O2S. The van der Waals surface area contributed by atoms with Gasteiger partial charge in [-0.3, -0.25) is 0 Å². The molecule has 1 aliphatic rings. The molecule has 0 unspecified atom stereocenters. The molecule has 0 aliphatic carbocycles. The van der Waals surface area contributed by atoms with E-state index < -0.39 is 0 Å². The topological polar surface area (TPSA) is 33.7 Å². The first-order valence-corrected chi connectivity index (χ1v) is 12.1. The van der Waals surface area contributed by atoms with Gasteiger partial charge in [-0.25, -0.2) is 0 Å². The van der Waals surface area contributed by atoms with Crippen LogP contribution in [0.1, 0.15) is 30.2 Å². The van der Waals surface area contributed by atoms with Crippen molar-refractivity contribution in [1.82, 2.24) is 0 Å². The van der Waals surface area contributed by atoms with Gasteiger partial charge in [-0.05, 0) is 89.1 Å². The van der Waals surface area contributed by atoms with Gasteiger partial charge in [0.1, 0.15) is 6.61 Å². The van der Waals surface area contributed by atoms with E-state index in [-0.39, 0.29) is 0 Å². The number of benzene rings is 2. The molecule has 1 aliphatic heterocycles. The van der Waals surface area contributed by atoms with Gasteiger partial charge in [0.15, 0.2) is 11.5 Å². The van der Waals surface area contributed by atoms with E-state index in [1.54, 1.807) is 11.3 Å². The Labute approximate surface area is 191 Å². The molecule has 2 heterocycles. The minimum atomic E-state index is 0.539. The van der Waals surface area contributed by atoms with Crippen molar-refractivity contribution in [3.05, 3.63) is 68.8 Å². The Morgan fingerprint density at radius 3 is 2.57 bits per heavy atom. The highest BCUT2D eigenvalue weighted by molar-refractivity contribution is 9.10. The molecule has 1 fully saturated rings. The Morgan fingerprint density at radius 1 is 1.07 bits per heavy atom. The zero-order valence-corrected chi connectivity index (χ0v) is 19.6. The molecule has 1 saturated heterocycles. The van der Waals surface area contributed by atoms with Crippen molar-refractivity contribution in [3.8, 4) is 11.5 Å². The summed E-state index contributed by atoms with van der Waals surface area (Å²) < 4.78 is 12.8. The van der Waals surface area contributed by atoms with Gasteiger partial charge < -0.3 is 19.7 Å². The molecule has 3 aromatic rings. The van der Waals surface area contributed by atoms with Crippen LogP contribution in [-0.2, 0) is 13.2 Å². The summed E-state index contributed by atoms with van der Waals surface area (Å²) in [5, 5.41) is 5.57. The average Bonchev–Trinajstić information content (AvgIpc) is 3.47. The lowest BCUT2D eigenvalue weighted by Crippen LogP contribution is -2.17. The van der Waals surface area contributed by atoms with Gasteiger partial charge in [-0.15, -0.1) is 11.3 Å². The van der Waals surface area contributed by atoms with Gasteiger partial charge in [0.05, 0.1) is 11.1 Å². The second-order valence-corrected chi connectivity index (χ2v) is 9.19. The average molecular weight is 487 g/mol. The third-order valence-corrected chi connectivity index (χ3v) is 6.58. The van der Waals surface area contributed by atoms with Crippen molar-refractivity contribution in [2.75, 3.05) is 29.9 Å². The van der Waals surface area contributed by atoms with Crippen LogP contribution >= 0.6 is 27.3 Å². The Balaban J connectivity index is 1.42. The summed E-state index contributed by atoms with van der Waals surface area (Å²) in [5.41, 5.74) is 3.56. The second-order valence-electron chi connectivity index (χ2n) is 7.30. The lowest BCUT2D eigenvalue weighted by molar-refractivity contribution is 0.269. The van der Waals surface area contributed by atoms with Gasteiger partial charge in [0, 0.05) is 35.9 Å². The van der Waals surface area contributed by atoms with E-state index in [9.17, 15) is 0 Å². The Bertz CT molecular complexity index is 939. The van der Waals surface area contributed by atoms with Crippen molar-refractivity contribution >= 4 is 38.6 Å². The molecule has 1 N–H and O–H groups in total. The van der Waals surface area contributed by atoms with Crippen molar-refractivity contribution < 1.29 is 9.47 Å². The highest BCUT2D eigenvalue weighted by atomic mass is 79.9. The Kier molecular flexibility index (Phi) is 7.18. The van der Waals surface area contributed by atoms with E-state index in [0.717, 1.165) is 27.2 Å². The quantitative estimate of drug-likeness (QED) is 0.364. The summed E-state index contributed by atoms with van der Waals surface area (Å²) in [6.45, 7) is 6.18. The molecule has 1 aromatic heterocycles. The van der Waals surface area contributed by atoms with Gasteiger partial charge in [-0.1, -0.05) is 6.07 Å². The zero-order chi connectivity index (χ0) is 20.8. The SMILES string of the molecule is CCOc1cc(CNc2ccc(N3CCCC3)cc2)cc(Br)c1OCc1cccs1. The molecule has 2 aromatic carbocycles. The standard InChI is InChI=1S/C24H27BrN2O2S/c1-2-28-23-15-18(14-22(25)24(23)29-17-21-6-5-13-30-21)16-26-19-7-9-20(10-8-19)27-11-3-4-12-27/h5-10,13-15,26H,2-4,11-12,16-17H2,1H3. The Morgan fingerprint density at radius 2 is 1.87 bits per heavy atom. The number of thiophene rings is 1. The van der Waals surface area contributed by atoms with Crippen LogP contribution in [0, 0.1) is 0 Å². The molecule has 0 spiro atoms. The van der Waals surface area contributed by atoms with Gasteiger partial charge >= 0.3 is 0 Å². The van der Waals surface area contributed by atoms with Crippen molar-refractivity contribution in [2.45, 2.75) is 32.9 Å². The third-order valence-electron chi connectivity index (χ3n) is 5.14. The molecule has 4 nitrogen and oxygen atoms in total. The monoisotopic (exact) mass is 486 g/mol. The zero-order valence-electron chi connectivity index (χ0n) is 17.2. The first-order valence-electron chi connectivity index (χ1n) is 10.4. The maximum Gasteiger partial charge on any atom is 0.175 e. The first kappa shape index (κ1) is 21.1. The highest BCUT2D eigenvalue weighted by Crippen LogP contribution is 2.38. The minimum Gasteiger partial charge on any atom is -0.490 e. The van der Waals surface area contributed by atoms with E-state index in [2.05, 4.69) is 74.0 Å². The number of nitrogens with zero attached hydrogens (tertiary/aromatic N) is 1. The van der Waals surface area contributed by atoms with Crippen LogP contribution < -0.4 is 19.7 Å². The molecule has 0 saturated carbocycles. The molecular weight excluding hydrogens is 460 g/mol. The van der Waals surface area contributed by atoms with Crippen LogP contribution in [0.2, 0.25) is 0 Å². The molecule has 4 rings (SSSR count). The highest BCUT2D eigenvalue weighted by Gasteiger charge is 2.14. The fourth-order valence-electron chi connectivity index (χ4n) is 3.63. The molecule has 30 heavy (non-hydrogen) atoms. The van der Waals surface area contributed by atoms with Gasteiger partial charge in [0.2, 0.25) is 0 Å². The number of hydrogen-bond acceptors (Lipinski definition) is 5. The normalized spacial score (nSPS) is 13.5. The largest absolute Gasteiger partial charge is 0.490 e. The van der Waals surface area contributed by atoms with Crippen molar-refractivity contribution in [2.24, 2.45) is 0 Å². The van der Waals surface area contributed by atoms with Crippen molar-refractivity contribution in [3.63, 3.8) is 0 Å². The number of ether oxygens (including phenoxy) is 2. The third kappa shape index (κ3) is 5.29. The van der Waals surface area contributed by atoms with Crippen LogP contribution in [0.3, 0.4) is 0 Å². The van der Waals surface area contributed by atoms with E-state index in [1.807, 2.05) is 13.0 Å². The maximum atomic E-state index is 6.06. The number of halogens is 1. The van der Waals surface area contributed by atoms with Crippen LogP contribution in [0.4, 0.5) is 11.4 Å². The number of hydrogen-bond donors (Lipinski definition) is 1. The Hall–Kier alpha value is -2.18. The summed E-state index contributed by atoms with van der Waals surface area (Å²) in [6, 6.07) is 17.0. The molecule has 6 heteroatoms. The minimum absolute atomic E-state index is 0.539. The van der Waals surface area contributed by atoms with Crippen LogP contribution in [0.5, 0.6) is 11.5 Å². The summed E-state index contributed by atoms with van der Waals surface area (Å²) in [5.74, 6) is 1.52. The maximum absolute atomic E-state index is 6.06. The van der Waals surface area contributed by atoms with E-state index in [4.69, 9.17) is 9.47 Å². The lowest BCUT2D eigenvalue weighted by Gasteiger charge is -2.18. The summed E-state index contributed by atoms with van der Waals surface area (Å²) in [6.07, 6.45) is 2.59. The lowest BCUT2D eigenvalue weighted by atomic mass is 10.2. The molecule has 0 amide bonds.